The van der Waals surface area contributed by atoms with Crippen molar-refractivity contribution in [2.24, 2.45) is 0 Å². The Bertz CT molecular complexity index is 864. The molecule has 0 bridgehead atoms. The maximum atomic E-state index is 13.3. The van der Waals surface area contributed by atoms with Gasteiger partial charge in [-0.2, -0.15) is 0 Å². The van der Waals surface area contributed by atoms with Gasteiger partial charge in [0.2, 0.25) is 0 Å². The lowest BCUT2D eigenvalue weighted by atomic mass is 9.98. The Balaban J connectivity index is 1.60. The number of ether oxygens (including phenoxy) is 2. The number of amides is 1. The molecule has 0 saturated carbocycles. The average Bonchev–Trinajstić information content (AvgIpc) is 3.29. The summed E-state index contributed by atoms with van der Waals surface area (Å²) < 4.78 is 11.0. The normalized spacial score (nSPS) is 19.7. The van der Waals surface area contributed by atoms with Crippen molar-refractivity contribution in [1.29, 1.82) is 0 Å². The number of thiazole rings is 1. The average molecular weight is 432 g/mol. The molecule has 1 N–H and O–H groups in total. The first-order valence-electron chi connectivity index (χ1n) is 10.6. The molecule has 2 aliphatic rings. The zero-order chi connectivity index (χ0) is 20.9. The zero-order valence-electron chi connectivity index (χ0n) is 17.4. The first-order valence-corrected chi connectivity index (χ1v) is 11.5. The van der Waals surface area contributed by atoms with Crippen molar-refractivity contribution in [2.45, 2.75) is 31.7 Å². The summed E-state index contributed by atoms with van der Waals surface area (Å²) >= 11 is 1.60. The first kappa shape index (κ1) is 21.1. The number of aliphatic hydroxyl groups is 1. The van der Waals surface area contributed by atoms with Crippen LogP contribution in [0, 0.1) is 0 Å². The number of morpholine rings is 1. The number of anilines is 1. The van der Waals surface area contributed by atoms with E-state index in [1.807, 2.05) is 28.5 Å². The van der Waals surface area contributed by atoms with E-state index < -0.39 is 0 Å². The molecular weight excluding hydrogens is 402 g/mol. The Morgan fingerprint density at radius 2 is 2.13 bits per heavy atom. The minimum Gasteiger partial charge on any atom is -0.496 e. The van der Waals surface area contributed by atoms with Crippen molar-refractivity contribution in [3.8, 4) is 17.0 Å². The van der Waals surface area contributed by atoms with Crippen LogP contribution in [0.2, 0.25) is 0 Å². The molecule has 4 rings (SSSR count). The predicted molar refractivity (Wildman–Crippen MR) is 118 cm³/mol. The molecule has 0 aliphatic carbocycles. The van der Waals surface area contributed by atoms with E-state index in [1.54, 1.807) is 18.4 Å². The minimum atomic E-state index is 0.0145. The van der Waals surface area contributed by atoms with E-state index in [2.05, 4.69) is 4.90 Å². The lowest BCUT2D eigenvalue weighted by Crippen LogP contribution is -2.44. The molecule has 1 unspecified atom stereocenters. The van der Waals surface area contributed by atoms with Gasteiger partial charge in [-0.05, 0) is 43.9 Å². The molecule has 2 aliphatic heterocycles. The molecule has 30 heavy (non-hydrogen) atoms. The van der Waals surface area contributed by atoms with Crippen LogP contribution >= 0.6 is 11.3 Å². The van der Waals surface area contributed by atoms with Crippen LogP contribution in [0.25, 0.3) is 11.3 Å². The van der Waals surface area contributed by atoms with Gasteiger partial charge in [0.05, 0.1) is 26.0 Å². The second-order valence-corrected chi connectivity index (χ2v) is 8.53. The third-order valence-corrected chi connectivity index (χ3v) is 6.75. The third kappa shape index (κ3) is 4.45. The molecule has 7 nitrogen and oxygen atoms in total. The third-order valence-electron chi connectivity index (χ3n) is 5.85. The van der Waals surface area contributed by atoms with E-state index in [1.165, 1.54) is 0 Å². The maximum absolute atomic E-state index is 13.3. The second kappa shape index (κ2) is 9.76. The van der Waals surface area contributed by atoms with Crippen molar-refractivity contribution in [3.05, 3.63) is 29.1 Å². The van der Waals surface area contributed by atoms with Crippen LogP contribution in [0.5, 0.6) is 5.75 Å². The summed E-state index contributed by atoms with van der Waals surface area (Å²) in [6.45, 7) is 3.95. The molecule has 0 spiro atoms. The van der Waals surface area contributed by atoms with Crippen LogP contribution in [0.4, 0.5) is 5.13 Å². The number of aromatic nitrogens is 1. The largest absolute Gasteiger partial charge is 0.496 e. The topological polar surface area (TPSA) is 75.1 Å². The van der Waals surface area contributed by atoms with Gasteiger partial charge in [-0.25, -0.2) is 4.98 Å². The van der Waals surface area contributed by atoms with Crippen LogP contribution < -0.4 is 9.64 Å². The summed E-state index contributed by atoms with van der Waals surface area (Å²) in [6.07, 6.45) is 3.69. The minimum absolute atomic E-state index is 0.0145. The van der Waals surface area contributed by atoms with E-state index in [0.717, 1.165) is 55.3 Å². The van der Waals surface area contributed by atoms with Gasteiger partial charge >= 0.3 is 0 Å². The zero-order valence-corrected chi connectivity index (χ0v) is 18.2. The molecule has 0 radical (unpaired) electrons. The first-order chi connectivity index (χ1) is 14.7. The Kier molecular flexibility index (Phi) is 6.86. The molecule has 1 aromatic heterocycles. The van der Waals surface area contributed by atoms with Crippen LogP contribution in [0.1, 0.15) is 36.0 Å². The summed E-state index contributed by atoms with van der Waals surface area (Å²) in [6, 6.07) is 5.67. The molecule has 3 heterocycles. The number of carbonyl (C=O) groups is 1. The Hall–Kier alpha value is -2.16. The van der Waals surface area contributed by atoms with Gasteiger partial charge in [0.25, 0.3) is 5.91 Å². The number of piperidine rings is 1. The highest BCUT2D eigenvalue weighted by atomic mass is 32.1. The van der Waals surface area contributed by atoms with E-state index >= 15 is 0 Å². The lowest BCUT2D eigenvalue weighted by molar-refractivity contribution is 0.0574. The fraction of sp³-hybridized carbons (Fsp3) is 0.545. The Morgan fingerprint density at radius 1 is 1.30 bits per heavy atom. The van der Waals surface area contributed by atoms with Crippen LogP contribution in [0.15, 0.2) is 23.6 Å². The van der Waals surface area contributed by atoms with E-state index in [-0.39, 0.29) is 18.6 Å². The van der Waals surface area contributed by atoms with Crippen LogP contribution in [-0.2, 0) is 4.74 Å². The maximum Gasteiger partial charge on any atom is 0.254 e. The van der Waals surface area contributed by atoms with Crippen molar-refractivity contribution in [3.63, 3.8) is 0 Å². The molecular formula is C22H29N3O4S. The molecule has 2 saturated heterocycles. The number of likely N-dealkylation sites (tertiary alicyclic amines) is 1. The van der Waals surface area contributed by atoms with Crippen LogP contribution in [0.3, 0.4) is 0 Å². The summed E-state index contributed by atoms with van der Waals surface area (Å²) in [7, 11) is 1.64. The second-order valence-electron chi connectivity index (χ2n) is 7.69. The summed E-state index contributed by atoms with van der Waals surface area (Å²) in [5, 5.41) is 12.4. The van der Waals surface area contributed by atoms with E-state index in [9.17, 15) is 9.90 Å². The number of nitrogens with zero attached hydrogens (tertiary/aromatic N) is 3. The SMILES string of the molecule is COc1ccc(C(=O)N2CCCCC2CCO)cc1-c1csc(N2CCOCC2)n1. The Morgan fingerprint density at radius 3 is 2.90 bits per heavy atom. The van der Waals surface area contributed by atoms with E-state index in [0.29, 0.717) is 30.9 Å². The highest BCUT2D eigenvalue weighted by Gasteiger charge is 2.28. The highest BCUT2D eigenvalue weighted by Crippen LogP contribution is 2.35. The number of rotatable bonds is 6. The van der Waals surface area contributed by atoms with Gasteiger partial charge in [-0.15, -0.1) is 11.3 Å². The molecule has 1 atom stereocenters. The monoisotopic (exact) mass is 431 g/mol. The van der Waals surface area contributed by atoms with Crippen molar-refractivity contribution in [1.82, 2.24) is 9.88 Å². The number of carbonyl (C=O) groups excluding carboxylic acids is 1. The number of hydrogen-bond acceptors (Lipinski definition) is 7. The van der Waals surface area contributed by atoms with Crippen molar-refractivity contribution in [2.75, 3.05) is 51.5 Å². The summed E-state index contributed by atoms with van der Waals surface area (Å²) in [5.41, 5.74) is 2.28. The number of hydrogen-bond donors (Lipinski definition) is 1. The fourth-order valence-corrected chi connectivity index (χ4v) is 5.09. The molecule has 162 valence electrons. The molecule has 2 aromatic rings. The Labute approximate surface area is 181 Å². The van der Waals surface area contributed by atoms with Gasteiger partial charge in [0, 0.05) is 48.8 Å². The van der Waals surface area contributed by atoms with Crippen molar-refractivity contribution >= 4 is 22.4 Å². The standard InChI is InChI=1S/C22H29N3O4S/c1-28-20-6-5-16(21(27)25-8-3-2-4-17(25)7-11-26)14-18(20)19-15-30-22(23-19)24-9-12-29-13-10-24/h5-6,14-15,17,26H,2-4,7-13H2,1H3. The lowest BCUT2D eigenvalue weighted by Gasteiger charge is -2.35. The van der Waals surface area contributed by atoms with Gasteiger partial charge in [0.15, 0.2) is 5.13 Å². The summed E-state index contributed by atoms with van der Waals surface area (Å²) in [5.74, 6) is 0.719. The quantitative estimate of drug-likeness (QED) is 0.758. The number of methoxy groups -OCH3 is 1. The van der Waals surface area contributed by atoms with Crippen LogP contribution in [-0.4, -0.2) is 73.5 Å². The summed E-state index contributed by atoms with van der Waals surface area (Å²) in [4.78, 5) is 22.3. The van der Waals surface area contributed by atoms with Crippen molar-refractivity contribution < 1.29 is 19.4 Å². The number of aliphatic hydroxyl groups excluding tert-OH is 1. The van der Waals surface area contributed by atoms with Gasteiger partial charge < -0.3 is 24.4 Å². The van der Waals surface area contributed by atoms with Gasteiger partial charge in [-0.1, -0.05) is 0 Å². The molecule has 1 aromatic carbocycles. The highest BCUT2D eigenvalue weighted by molar-refractivity contribution is 7.14. The smallest absolute Gasteiger partial charge is 0.254 e. The fourth-order valence-electron chi connectivity index (χ4n) is 4.21. The number of benzene rings is 1. The van der Waals surface area contributed by atoms with Gasteiger partial charge in [0.1, 0.15) is 5.75 Å². The van der Waals surface area contributed by atoms with Gasteiger partial charge in [-0.3, -0.25) is 4.79 Å². The molecule has 2 fully saturated rings. The predicted octanol–water partition coefficient (Wildman–Crippen LogP) is 3.03. The molecule has 1 amide bonds. The van der Waals surface area contributed by atoms with E-state index in [4.69, 9.17) is 14.5 Å². The molecule has 8 heteroatoms.